The molecule has 2 heterocycles. The van der Waals surface area contributed by atoms with Crippen molar-refractivity contribution in [2.24, 2.45) is 0 Å². The molecular formula is C22H24BrN5O3S. The van der Waals surface area contributed by atoms with Gasteiger partial charge in [-0.05, 0) is 59.3 Å². The summed E-state index contributed by atoms with van der Waals surface area (Å²) in [5.41, 5.74) is 1.72. The molecule has 0 atom stereocenters. The molecule has 0 spiro atoms. The summed E-state index contributed by atoms with van der Waals surface area (Å²) in [5, 5.41) is 3.29. The van der Waals surface area contributed by atoms with Gasteiger partial charge in [0.1, 0.15) is 11.6 Å². The minimum atomic E-state index is -3.56. The molecule has 1 saturated heterocycles. The predicted molar refractivity (Wildman–Crippen MR) is 128 cm³/mol. The van der Waals surface area contributed by atoms with Crippen LogP contribution in [0, 0.1) is 6.92 Å². The Morgan fingerprint density at radius 1 is 1.00 bits per heavy atom. The molecule has 0 bridgehead atoms. The first-order chi connectivity index (χ1) is 15.4. The summed E-state index contributed by atoms with van der Waals surface area (Å²) in [6.45, 7) is 3.66. The van der Waals surface area contributed by atoms with E-state index in [0.29, 0.717) is 42.4 Å². The third-order valence-corrected chi connectivity index (χ3v) is 8.09. The first-order valence-electron chi connectivity index (χ1n) is 10.1. The Bertz CT molecular complexity index is 1200. The van der Waals surface area contributed by atoms with Gasteiger partial charge in [-0.1, -0.05) is 12.1 Å². The van der Waals surface area contributed by atoms with Crippen LogP contribution < -0.4 is 15.0 Å². The zero-order valence-electron chi connectivity index (χ0n) is 17.8. The Morgan fingerprint density at radius 3 is 2.34 bits per heavy atom. The summed E-state index contributed by atoms with van der Waals surface area (Å²) in [6.07, 6.45) is 0. The number of nitrogens with one attached hydrogen (secondary N) is 1. The summed E-state index contributed by atoms with van der Waals surface area (Å²) >= 11 is 3.35. The van der Waals surface area contributed by atoms with Gasteiger partial charge in [0, 0.05) is 48.1 Å². The molecule has 0 unspecified atom stereocenters. The number of hydrogen-bond donors (Lipinski definition) is 1. The fraction of sp³-hybridized carbons (Fsp3) is 0.273. The summed E-state index contributed by atoms with van der Waals surface area (Å²) < 4.78 is 33.3. The maximum atomic E-state index is 13.0. The highest BCUT2D eigenvalue weighted by Crippen LogP contribution is 2.26. The lowest BCUT2D eigenvalue weighted by atomic mass is 10.3. The van der Waals surface area contributed by atoms with Crippen LogP contribution in [-0.2, 0) is 10.0 Å². The molecule has 10 heteroatoms. The van der Waals surface area contributed by atoms with Crippen LogP contribution >= 0.6 is 15.9 Å². The smallest absolute Gasteiger partial charge is 0.244 e. The van der Waals surface area contributed by atoms with E-state index in [1.807, 2.05) is 42.2 Å². The van der Waals surface area contributed by atoms with E-state index in [0.717, 1.165) is 17.1 Å². The SMILES string of the molecule is COc1ccc(Nc2cc(C)nc(N3CCN(S(=O)(=O)c4ccccc4Br)CC3)n2)cc1. The number of sulfonamides is 1. The van der Waals surface area contributed by atoms with E-state index in [1.165, 1.54) is 4.31 Å². The Hall–Kier alpha value is -2.69. The first-order valence-corrected chi connectivity index (χ1v) is 12.4. The number of aryl methyl sites for hydroxylation is 1. The fourth-order valence-corrected chi connectivity index (χ4v) is 5.89. The molecule has 1 fully saturated rings. The molecule has 0 amide bonds. The lowest BCUT2D eigenvalue weighted by Crippen LogP contribution is -2.49. The third kappa shape index (κ3) is 4.87. The second kappa shape index (κ2) is 9.43. The third-order valence-electron chi connectivity index (χ3n) is 5.18. The second-order valence-corrected chi connectivity index (χ2v) is 10.1. The zero-order valence-corrected chi connectivity index (χ0v) is 20.2. The minimum Gasteiger partial charge on any atom is -0.497 e. The molecule has 4 rings (SSSR count). The zero-order chi connectivity index (χ0) is 22.7. The Labute approximate surface area is 196 Å². The fourth-order valence-electron chi connectivity index (χ4n) is 3.50. The normalized spacial score (nSPS) is 14.9. The van der Waals surface area contributed by atoms with Crippen LogP contribution in [0.3, 0.4) is 0 Å². The quantitative estimate of drug-likeness (QED) is 0.531. The van der Waals surface area contributed by atoms with Gasteiger partial charge in [-0.2, -0.15) is 9.29 Å². The molecule has 1 aliphatic heterocycles. The molecule has 1 aliphatic rings. The van der Waals surface area contributed by atoms with Crippen molar-refractivity contribution in [1.29, 1.82) is 0 Å². The highest BCUT2D eigenvalue weighted by Gasteiger charge is 2.30. The van der Waals surface area contributed by atoms with E-state index in [9.17, 15) is 8.42 Å². The maximum Gasteiger partial charge on any atom is 0.244 e. The van der Waals surface area contributed by atoms with E-state index in [-0.39, 0.29) is 4.90 Å². The predicted octanol–water partition coefficient (Wildman–Crippen LogP) is 3.81. The number of halogens is 1. The molecule has 8 nitrogen and oxygen atoms in total. The number of piperazine rings is 1. The molecule has 2 aromatic carbocycles. The standard InChI is InChI=1S/C22H24BrN5O3S/c1-16-15-21(25-17-7-9-18(31-2)10-8-17)26-22(24-16)27-11-13-28(14-12-27)32(29,30)20-6-4-3-5-19(20)23/h3-10,15H,11-14H2,1-2H3,(H,24,25,26). The van der Waals surface area contributed by atoms with Crippen molar-refractivity contribution in [2.75, 3.05) is 43.5 Å². The molecule has 3 aromatic rings. The molecule has 1 aromatic heterocycles. The van der Waals surface area contributed by atoms with Gasteiger partial charge in [-0.15, -0.1) is 0 Å². The van der Waals surface area contributed by atoms with Crippen LogP contribution in [0.4, 0.5) is 17.5 Å². The summed E-state index contributed by atoms with van der Waals surface area (Å²) in [5.74, 6) is 2.05. The van der Waals surface area contributed by atoms with Crippen molar-refractivity contribution in [3.8, 4) is 5.75 Å². The maximum absolute atomic E-state index is 13.0. The number of methoxy groups -OCH3 is 1. The molecule has 0 radical (unpaired) electrons. The lowest BCUT2D eigenvalue weighted by Gasteiger charge is -2.34. The Morgan fingerprint density at radius 2 is 1.69 bits per heavy atom. The van der Waals surface area contributed by atoms with E-state index in [2.05, 4.69) is 31.2 Å². The largest absolute Gasteiger partial charge is 0.497 e. The van der Waals surface area contributed by atoms with Crippen LogP contribution in [-0.4, -0.2) is 56.0 Å². The van der Waals surface area contributed by atoms with Crippen LogP contribution in [0.2, 0.25) is 0 Å². The summed E-state index contributed by atoms with van der Waals surface area (Å²) in [6, 6.07) is 16.3. The molecule has 1 N–H and O–H groups in total. The lowest BCUT2D eigenvalue weighted by molar-refractivity contribution is 0.382. The topological polar surface area (TPSA) is 87.7 Å². The minimum absolute atomic E-state index is 0.284. The molecule has 0 saturated carbocycles. The summed E-state index contributed by atoms with van der Waals surface area (Å²) in [4.78, 5) is 11.5. The van der Waals surface area contributed by atoms with Crippen LogP contribution in [0.25, 0.3) is 0 Å². The number of anilines is 3. The first kappa shape index (κ1) is 22.5. The van der Waals surface area contributed by atoms with Crippen LogP contribution in [0.1, 0.15) is 5.69 Å². The van der Waals surface area contributed by atoms with Crippen molar-refractivity contribution in [3.05, 3.63) is 64.8 Å². The number of rotatable bonds is 6. The van der Waals surface area contributed by atoms with Crippen molar-refractivity contribution in [2.45, 2.75) is 11.8 Å². The Balaban J connectivity index is 1.47. The van der Waals surface area contributed by atoms with E-state index >= 15 is 0 Å². The van der Waals surface area contributed by atoms with E-state index in [1.54, 1.807) is 31.4 Å². The summed E-state index contributed by atoms with van der Waals surface area (Å²) in [7, 11) is -1.93. The average molecular weight is 518 g/mol. The monoisotopic (exact) mass is 517 g/mol. The molecular weight excluding hydrogens is 494 g/mol. The van der Waals surface area contributed by atoms with Gasteiger partial charge in [0.05, 0.1) is 12.0 Å². The second-order valence-electron chi connectivity index (χ2n) is 7.37. The number of nitrogens with zero attached hydrogens (tertiary/aromatic N) is 4. The van der Waals surface area contributed by atoms with Crippen LogP contribution in [0.5, 0.6) is 5.75 Å². The van der Waals surface area contributed by atoms with Crippen molar-refractivity contribution in [3.63, 3.8) is 0 Å². The van der Waals surface area contributed by atoms with Gasteiger partial charge < -0.3 is 15.0 Å². The van der Waals surface area contributed by atoms with Crippen LogP contribution in [0.15, 0.2) is 64.0 Å². The van der Waals surface area contributed by atoms with E-state index in [4.69, 9.17) is 4.74 Å². The van der Waals surface area contributed by atoms with Gasteiger partial charge in [-0.3, -0.25) is 0 Å². The van der Waals surface area contributed by atoms with Gasteiger partial charge in [0.15, 0.2) is 0 Å². The number of ether oxygens (including phenoxy) is 1. The number of hydrogen-bond acceptors (Lipinski definition) is 7. The van der Waals surface area contributed by atoms with Gasteiger partial charge in [0.25, 0.3) is 0 Å². The van der Waals surface area contributed by atoms with Crippen molar-refractivity contribution >= 4 is 43.4 Å². The average Bonchev–Trinajstić information content (AvgIpc) is 2.79. The number of benzene rings is 2. The highest BCUT2D eigenvalue weighted by atomic mass is 79.9. The van der Waals surface area contributed by atoms with E-state index < -0.39 is 10.0 Å². The van der Waals surface area contributed by atoms with Gasteiger partial charge in [-0.25, -0.2) is 13.4 Å². The molecule has 168 valence electrons. The van der Waals surface area contributed by atoms with Crippen molar-refractivity contribution < 1.29 is 13.2 Å². The molecule has 0 aliphatic carbocycles. The van der Waals surface area contributed by atoms with Crippen molar-refractivity contribution in [1.82, 2.24) is 14.3 Å². The van der Waals surface area contributed by atoms with Gasteiger partial charge in [0.2, 0.25) is 16.0 Å². The number of aromatic nitrogens is 2. The Kier molecular flexibility index (Phi) is 6.63. The highest BCUT2D eigenvalue weighted by molar-refractivity contribution is 9.10. The van der Waals surface area contributed by atoms with Gasteiger partial charge >= 0.3 is 0 Å². The molecule has 32 heavy (non-hydrogen) atoms.